The number of rotatable bonds is 1. The van der Waals surface area contributed by atoms with Gasteiger partial charge in [-0.15, -0.1) is 0 Å². The van der Waals surface area contributed by atoms with Gasteiger partial charge in [0.25, 0.3) is 0 Å². The van der Waals surface area contributed by atoms with Gasteiger partial charge in [-0.3, -0.25) is 0 Å². The summed E-state index contributed by atoms with van der Waals surface area (Å²) in [6.45, 7) is 0. The predicted molar refractivity (Wildman–Crippen MR) is 69.0 cm³/mol. The zero-order valence-corrected chi connectivity index (χ0v) is 10.0. The average Bonchev–Trinajstić information content (AvgIpc) is 2.69. The number of fused-ring (bicyclic) bond motifs is 1. The summed E-state index contributed by atoms with van der Waals surface area (Å²) in [7, 11) is 0. The van der Waals surface area contributed by atoms with E-state index in [4.69, 9.17) is 5.73 Å². The van der Waals surface area contributed by atoms with Crippen LogP contribution < -0.4 is 5.73 Å². The number of aliphatic hydroxyl groups excluding tert-OH is 2. The molecule has 0 amide bonds. The van der Waals surface area contributed by atoms with Crippen molar-refractivity contribution in [1.29, 1.82) is 0 Å². The molecule has 5 nitrogen and oxygen atoms in total. The van der Waals surface area contributed by atoms with Crippen LogP contribution in [0, 0.1) is 0 Å². The molecule has 18 heavy (non-hydrogen) atoms. The van der Waals surface area contributed by atoms with Crippen LogP contribution in [0.4, 0.5) is 5.95 Å². The van der Waals surface area contributed by atoms with Gasteiger partial charge in [0.2, 0.25) is 5.95 Å². The Balaban J connectivity index is 2.01. The summed E-state index contributed by atoms with van der Waals surface area (Å²) in [5.74, 6) is 0.477. The number of benzene rings is 1. The first-order valence-electron chi connectivity index (χ1n) is 6.25. The fraction of sp³-hybridized carbons (Fsp3) is 0.462. The molecule has 3 atom stereocenters. The minimum absolute atomic E-state index is 0.107. The van der Waals surface area contributed by atoms with E-state index in [1.54, 1.807) is 0 Å². The average molecular weight is 247 g/mol. The summed E-state index contributed by atoms with van der Waals surface area (Å²) in [5.41, 5.74) is 7.83. The van der Waals surface area contributed by atoms with Gasteiger partial charge in [0.1, 0.15) is 0 Å². The molecule has 5 heteroatoms. The molecule has 1 heterocycles. The Labute approximate surface area is 105 Å². The lowest BCUT2D eigenvalue weighted by atomic mass is 9.90. The van der Waals surface area contributed by atoms with E-state index in [-0.39, 0.29) is 6.04 Å². The Morgan fingerprint density at radius 3 is 2.72 bits per heavy atom. The molecular weight excluding hydrogens is 230 g/mol. The number of nitrogen functional groups attached to an aromatic ring is 1. The first-order valence-corrected chi connectivity index (χ1v) is 6.25. The second-order valence-corrected chi connectivity index (χ2v) is 4.93. The number of aromatic nitrogens is 2. The van der Waals surface area contributed by atoms with Crippen molar-refractivity contribution >= 4 is 17.0 Å². The fourth-order valence-corrected chi connectivity index (χ4v) is 2.79. The number of imidazole rings is 1. The van der Waals surface area contributed by atoms with Crippen LogP contribution in [0.3, 0.4) is 0 Å². The van der Waals surface area contributed by atoms with Gasteiger partial charge >= 0.3 is 0 Å². The fourth-order valence-electron chi connectivity index (χ4n) is 2.79. The molecule has 0 spiro atoms. The molecule has 0 radical (unpaired) electrons. The second-order valence-electron chi connectivity index (χ2n) is 4.93. The van der Waals surface area contributed by atoms with E-state index in [1.807, 2.05) is 28.8 Å². The van der Waals surface area contributed by atoms with Crippen LogP contribution in [0.5, 0.6) is 0 Å². The first kappa shape index (κ1) is 11.5. The van der Waals surface area contributed by atoms with E-state index in [2.05, 4.69) is 4.98 Å². The highest BCUT2D eigenvalue weighted by Gasteiger charge is 2.30. The zero-order valence-electron chi connectivity index (χ0n) is 10.0. The van der Waals surface area contributed by atoms with Crippen LogP contribution in [-0.4, -0.2) is 32.0 Å². The van der Waals surface area contributed by atoms with Gasteiger partial charge in [0, 0.05) is 6.04 Å². The lowest BCUT2D eigenvalue weighted by molar-refractivity contribution is -0.0222. The van der Waals surface area contributed by atoms with E-state index in [1.165, 1.54) is 0 Å². The summed E-state index contributed by atoms with van der Waals surface area (Å²) in [6, 6.07) is 7.90. The molecule has 1 aliphatic rings. The molecule has 0 unspecified atom stereocenters. The highest BCUT2D eigenvalue weighted by atomic mass is 16.3. The Kier molecular flexibility index (Phi) is 2.72. The molecule has 0 bridgehead atoms. The van der Waals surface area contributed by atoms with Gasteiger partial charge in [0.15, 0.2) is 0 Å². The Morgan fingerprint density at radius 2 is 1.94 bits per heavy atom. The summed E-state index contributed by atoms with van der Waals surface area (Å²) in [6.07, 6.45) is 0.633. The van der Waals surface area contributed by atoms with Gasteiger partial charge < -0.3 is 20.5 Å². The highest BCUT2D eigenvalue weighted by Crippen LogP contribution is 2.33. The van der Waals surface area contributed by atoms with Gasteiger partial charge in [-0.25, -0.2) is 4.98 Å². The predicted octanol–water partition coefficient (Wildman–Crippen LogP) is 1.07. The Morgan fingerprint density at radius 1 is 1.17 bits per heavy atom. The monoisotopic (exact) mass is 247 g/mol. The van der Waals surface area contributed by atoms with Gasteiger partial charge in [-0.2, -0.15) is 0 Å². The smallest absolute Gasteiger partial charge is 0.201 e. The van der Waals surface area contributed by atoms with E-state index < -0.39 is 12.2 Å². The normalized spacial score (nSPS) is 28.7. The van der Waals surface area contributed by atoms with Gasteiger partial charge in [-0.05, 0) is 31.4 Å². The van der Waals surface area contributed by atoms with Crippen molar-refractivity contribution in [2.24, 2.45) is 0 Å². The number of hydrogen-bond donors (Lipinski definition) is 3. The molecule has 0 aliphatic heterocycles. The molecule has 1 aromatic carbocycles. The number of hydrogen-bond acceptors (Lipinski definition) is 4. The van der Waals surface area contributed by atoms with Crippen LogP contribution in [0.2, 0.25) is 0 Å². The van der Waals surface area contributed by atoms with Crippen molar-refractivity contribution in [3.05, 3.63) is 24.3 Å². The van der Waals surface area contributed by atoms with Crippen LogP contribution in [-0.2, 0) is 0 Å². The molecule has 1 saturated carbocycles. The van der Waals surface area contributed by atoms with E-state index in [0.29, 0.717) is 18.8 Å². The first-order chi connectivity index (χ1) is 8.66. The van der Waals surface area contributed by atoms with Crippen molar-refractivity contribution in [3.63, 3.8) is 0 Å². The molecule has 2 aromatic rings. The third-order valence-electron chi connectivity index (χ3n) is 3.74. The number of nitrogens with two attached hydrogens (primary N) is 1. The quantitative estimate of drug-likeness (QED) is 0.703. The van der Waals surface area contributed by atoms with Crippen molar-refractivity contribution < 1.29 is 10.2 Å². The lowest BCUT2D eigenvalue weighted by Crippen LogP contribution is -2.34. The molecule has 1 aromatic heterocycles. The van der Waals surface area contributed by atoms with Crippen LogP contribution in [0.15, 0.2) is 24.3 Å². The largest absolute Gasteiger partial charge is 0.390 e. The van der Waals surface area contributed by atoms with Crippen LogP contribution in [0.1, 0.15) is 25.3 Å². The standard InChI is InChI=1S/C13H17N3O2/c14-13-15-9-3-1-2-4-10(9)16(13)8-5-6-11(17)12(18)7-8/h1-4,8,11-12,17-18H,5-7H2,(H2,14,15)/t8-,11+,12-/m1/s1. The lowest BCUT2D eigenvalue weighted by Gasteiger charge is -2.31. The number of aliphatic hydroxyl groups is 2. The topological polar surface area (TPSA) is 84.3 Å². The Hall–Kier alpha value is -1.59. The number of nitrogens with zero attached hydrogens (tertiary/aromatic N) is 2. The number of para-hydroxylation sites is 2. The SMILES string of the molecule is Nc1nc2ccccc2n1[C@@H]1CC[C@H](O)[C@H](O)C1. The summed E-state index contributed by atoms with van der Waals surface area (Å²) >= 11 is 0. The van der Waals surface area contributed by atoms with E-state index in [9.17, 15) is 10.2 Å². The van der Waals surface area contributed by atoms with Crippen molar-refractivity contribution in [2.75, 3.05) is 5.73 Å². The number of anilines is 1. The molecule has 0 saturated heterocycles. The third-order valence-corrected chi connectivity index (χ3v) is 3.74. The molecule has 1 fully saturated rings. The van der Waals surface area contributed by atoms with Gasteiger partial charge in [-0.1, -0.05) is 12.1 Å². The molecular formula is C13H17N3O2. The molecule has 96 valence electrons. The van der Waals surface area contributed by atoms with E-state index >= 15 is 0 Å². The molecule has 1 aliphatic carbocycles. The molecule has 4 N–H and O–H groups in total. The maximum Gasteiger partial charge on any atom is 0.201 e. The van der Waals surface area contributed by atoms with E-state index in [0.717, 1.165) is 17.5 Å². The zero-order chi connectivity index (χ0) is 12.7. The Bertz CT molecular complexity index is 566. The minimum Gasteiger partial charge on any atom is -0.390 e. The van der Waals surface area contributed by atoms with Crippen molar-refractivity contribution in [1.82, 2.24) is 9.55 Å². The molecule has 3 rings (SSSR count). The maximum absolute atomic E-state index is 9.79. The van der Waals surface area contributed by atoms with Gasteiger partial charge in [0.05, 0.1) is 23.2 Å². The highest BCUT2D eigenvalue weighted by molar-refractivity contribution is 5.78. The van der Waals surface area contributed by atoms with Crippen LogP contribution >= 0.6 is 0 Å². The summed E-state index contributed by atoms with van der Waals surface area (Å²) < 4.78 is 1.98. The van der Waals surface area contributed by atoms with Crippen molar-refractivity contribution in [2.45, 2.75) is 37.5 Å². The summed E-state index contributed by atoms with van der Waals surface area (Å²) in [4.78, 5) is 4.33. The van der Waals surface area contributed by atoms with Crippen LogP contribution in [0.25, 0.3) is 11.0 Å². The van der Waals surface area contributed by atoms with Crippen molar-refractivity contribution in [3.8, 4) is 0 Å². The second kappa shape index (κ2) is 4.26. The maximum atomic E-state index is 9.79. The minimum atomic E-state index is -0.677. The third kappa shape index (κ3) is 1.76. The summed E-state index contributed by atoms with van der Waals surface area (Å²) in [5, 5.41) is 19.4.